The summed E-state index contributed by atoms with van der Waals surface area (Å²) in [5.41, 5.74) is 10.1. The summed E-state index contributed by atoms with van der Waals surface area (Å²) in [4.78, 5) is 0. The first kappa shape index (κ1) is 26.4. The summed E-state index contributed by atoms with van der Waals surface area (Å²) in [5.74, 6) is 0. The van der Waals surface area contributed by atoms with Crippen LogP contribution < -0.4 is 0 Å². The van der Waals surface area contributed by atoms with Gasteiger partial charge in [0.1, 0.15) is 0 Å². The normalized spacial score (nSPS) is 11.5. The van der Waals surface area contributed by atoms with Crippen LogP contribution in [0.2, 0.25) is 0 Å². The van der Waals surface area contributed by atoms with Crippen molar-refractivity contribution in [3.05, 3.63) is 182 Å². The molecule has 0 heteroatoms. The van der Waals surface area contributed by atoms with E-state index in [4.69, 9.17) is 0 Å². The van der Waals surface area contributed by atoms with E-state index in [9.17, 15) is 0 Å². The molecule has 9 aromatic rings. The number of hydrogen-bond acceptors (Lipinski definition) is 0. The van der Waals surface area contributed by atoms with Gasteiger partial charge in [0.05, 0.1) is 0 Å². The Morgan fingerprint density at radius 2 is 0.674 bits per heavy atom. The fourth-order valence-electron chi connectivity index (χ4n) is 7.34. The van der Waals surface area contributed by atoms with Crippen molar-refractivity contribution in [3.63, 3.8) is 0 Å². The van der Waals surface area contributed by atoms with Crippen molar-refractivity contribution < 1.29 is 0 Å². The van der Waals surface area contributed by atoms with E-state index in [-0.39, 0.29) is 0 Å². The first-order valence-corrected chi connectivity index (χ1v) is 15.9. The molecule has 0 saturated carbocycles. The molecule has 0 fully saturated rings. The molecule has 0 radical (unpaired) electrons. The molecule has 9 rings (SSSR count). The van der Waals surface area contributed by atoms with E-state index in [1.807, 2.05) is 0 Å². The zero-order chi connectivity index (χ0) is 30.5. The van der Waals surface area contributed by atoms with Gasteiger partial charge >= 0.3 is 0 Å². The van der Waals surface area contributed by atoms with Crippen molar-refractivity contribution in [3.8, 4) is 44.5 Å². The van der Waals surface area contributed by atoms with E-state index < -0.39 is 0 Å². The second-order valence-corrected chi connectivity index (χ2v) is 12.1. The molecular weight excluding hydrogens is 553 g/mol. The Morgan fingerprint density at radius 1 is 0.217 bits per heavy atom. The van der Waals surface area contributed by atoms with Gasteiger partial charge in [-0.25, -0.2) is 0 Å². The van der Waals surface area contributed by atoms with E-state index in [0.29, 0.717) is 0 Å². The molecule has 0 bridgehead atoms. The number of hydrogen-bond donors (Lipinski definition) is 0. The molecule has 0 nitrogen and oxygen atoms in total. The maximum atomic E-state index is 2.35. The molecule has 0 N–H and O–H groups in total. The molecular formula is C46H30. The topological polar surface area (TPSA) is 0 Å². The van der Waals surface area contributed by atoms with Gasteiger partial charge in [-0.3, -0.25) is 0 Å². The highest BCUT2D eigenvalue weighted by molar-refractivity contribution is 6.24. The second-order valence-electron chi connectivity index (χ2n) is 12.1. The summed E-state index contributed by atoms with van der Waals surface area (Å²) < 4.78 is 0. The third-order valence-electron chi connectivity index (χ3n) is 9.44. The van der Waals surface area contributed by atoms with E-state index >= 15 is 0 Å². The fourth-order valence-corrected chi connectivity index (χ4v) is 7.34. The highest BCUT2D eigenvalue weighted by atomic mass is 14.2. The first-order chi connectivity index (χ1) is 22.8. The van der Waals surface area contributed by atoms with Crippen LogP contribution in [0, 0.1) is 0 Å². The number of fused-ring (bicyclic) bond motifs is 4. The molecule has 0 aliphatic rings. The minimum atomic E-state index is 1.23. The highest BCUT2D eigenvalue weighted by Crippen LogP contribution is 2.46. The Morgan fingerprint density at radius 3 is 1.30 bits per heavy atom. The minimum absolute atomic E-state index is 1.23. The summed E-state index contributed by atoms with van der Waals surface area (Å²) in [5, 5.41) is 10.1. The number of benzene rings is 9. The average molecular weight is 583 g/mol. The van der Waals surface area contributed by atoms with Crippen LogP contribution in [0.15, 0.2) is 182 Å². The van der Waals surface area contributed by atoms with Gasteiger partial charge in [0.15, 0.2) is 0 Å². The lowest BCUT2D eigenvalue weighted by atomic mass is 9.84. The van der Waals surface area contributed by atoms with Crippen LogP contribution in [0.3, 0.4) is 0 Å². The predicted octanol–water partition coefficient (Wildman–Crippen LogP) is 13.0. The predicted molar refractivity (Wildman–Crippen MR) is 198 cm³/mol. The molecule has 0 amide bonds. The van der Waals surface area contributed by atoms with Crippen LogP contribution in [0.1, 0.15) is 0 Å². The van der Waals surface area contributed by atoms with Crippen LogP contribution in [-0.2, 0) is 0 Å². The Labute approximate surface area is 268 Å². The number of rotatable bonds is 4. The Hall–Kier alpha value is -5.98. The highest BCUT2D eigenvalue weighted by Gasteiger charge is 2.18. The van der Waals surface area contributed by atoms with E-state index in [0.717, 1.165) is 0 Å². The third-order valence-corrected chi connectivity index (χ3v) is 9.44. The van der Waals surface area contributed by atoms with Crippen molar-refractivity contribution in [2.24, 2.45) is 0 Å². The summed E-state index contributed by atoms with van der Waals surface area (Å²) >= 11 is 0. The molecule has 0 saturated heterocycles. The fraction of sp³-hybridized carbons (Fsp3) is 0. The van der Waals surface area contributed by atoms with Crippen LogP contribution in [0.5, 0.6) is 0 Å². The molecule has 0 aromatic heterocycles. The van der Waals surface area contributed by atoms with Crippen LogP contribution in [0.4, 0.5) is 0 Å². The molecule has 0 aliphatic heterocycles. The van der Waals surface area contributed by atoms with E-state index in [1.165, 1.54) is 87.6 Å². The molecule has 0 aliphatic carbocycles. The van der Waals surface area contributed by atoms with Crippen molar-refractivity contribution in [1.82, 2.24) is 0 Å². The van der Waals surface area contributed by atoms with Crippen molar-refractivity contribution in [2.45, 2.75) is 0 Å². The Kier molecular flexibility index (Phi) is 6.25. The Balaban J connectivity index is 1.28. The van der Waals surface area contributed by atoms with Gasteiger partial charge in [-0.1, -0.05) is 170 Å². The summed E-state index contributed by atoms with van der Waals surface area (Å²) in [6, 6.07) is 66.5. The zero-order valence-corrected chi connectivity index (χ0v) is 25.3. The summed E-state index contributed by atoms with van der Waals surface area (Å²) in [6.45, 7) is 0. The molecule has 0 atom stereocenters. The van der Waals surface area contributed by atoms with Gasteiger partial charge in [-0.05, 0) is 99.7 Å². The average Bonchev–Trinajstić information content (AvgIpc) is 3.13. The first-order valence-electron chi connectivity index (χ1n) is 15.9. The zero-order valence-electron chi connectivity index (χ0n) is 25.3. The lowest BCUT2D eigenvalue weighted by Crippen LogP contribution is -1.92. The van der Waals surface area contributed by atoms with Crippen molar-refractivity contribution in [1.29, 1.82) is 0 Å². The third kappa shape index (κ3) is 4.30. The molecule has 46 heavy (non-hydrogen) atoms. The van der Waals surface area contributed by atoms with Gasteiger partial charge in [0, 0.05) is 0 Å². The van der Waals surface area contributed by atoms with Crippen molar-refractivity contribution >= 4 is 43.1 Å². The molecule has 9 aromatic carbocycles. The summed E-state index contributed by atoms with van der Waals surface area (Å²) in [6.07, 6.45) is 0. The summed E-state index contributed by atoms with van der Waals surface area (Å²) in [7, 11) is 0. The smallest absolute Gasteiger partial charge is 0.00201 e. The quantitative estimate of drug-likeness (QED) is 0.181. The monoisotopic (exact) mass is 582 g/mol. The molecule has 0 unspecified atom stereocenters. The van der Waals surface area contributed by atoms with Gasteiger partial charge in [-0.2, -0.15) is 0 Å². The van der Waals surface area contributed by atoms with Crippen LogP contribution in [0.25, 0.3) is 87.6 Å². The molecule has 214 valence electrons. The molecule has 0 spiro atoms. The Bertz CT molecular complexity index is 2500. The lowest BCUT2D eigenvalue weighted by molar-refractivity contribution is 1.63. The van der Waals surface area contributed by atoms with Crippen LogP contribution >= 0.6 is 0 Å². The van der Waals surface area contributed by atoms with Gasteiger partial charge in [0.25, 0.3) is 0 Å². The van der Waals surface area contributed by atoms with E-state index in [1.54, 1.807) is 0 Å². The van der Waals surface area contributed by atoms with Gasteiger partial charge in [-0.15, -0.1) is 0 Å². The largest absolute Gasteiger partial charge is 0.0622 e. The van der Waals surface area contributed by atoms with Crippen LogP contribution in [-0.4, -0.2) is 0 Å². The molecule has 0 heterocycles. The minimum Gasteiger partial charge on any atom is -0.0622 e. The SMILES string of the molecule is c1ccc(-c2ccc3ccc(-c4cccc5c(-c6c7ccccc7c(-c7ccccc7)c7ccccc67)cccc45)cc3c2)cc1. The van der Waals surface area contributed by atoms with Crippen molar-refractivity contribution in [2.75, 3.05) is 0 Å². The lowest BCUT2D eigenvalue weighted by Gasteiger charge is -2.19. The maximum absolute atomic E-state index is 2.35. The maximum Gasteiger partial charge on any atom is -0.00201 e. The van der Waals surface area contributed by atoms with E-state index in [2.05, 4.69) is 182 Å². The second kappa shape index (κ2) is 10.9. The van der Waals surface area contributed by atoms with Gasteiger partial charge < -0.3 is 0 Å². The van der Waals surface area contributed by atoms with Gasteiger partial charge in [0.2, 0.25) is 0 Å². The standard InChI is InChI=1S/C46H30/c1-3-13-31(14-4-1)34-27-25-32-26-28-35(30-36(32)29-34)37-21-11-23-39-38(37)22-12-24-40(39)46-43-19-9-7-17-41(43)45(33-15-5-2-6-16-33)42-18-8-10-20-44(42)46/h1-30H.